The fraction of sp³-hybridized carbons (Fsp3) is 0.200. The van der Waals surface area contributed by atoms with Gasteiger partial charge in [0.25, 0.3) is 5.56 Å². The first-order valence-electron chi connectivity index (χ1n) is 6.84. The number of hydrogen-bond donors (Lipinski definition) is 0. The Labute approximate surface area is 140 Å². The molecule has 0 aliphatic heterocycles. The molecule has 23 heavy (non-hydrogen) atoms. The van der Waals surface area contributed by atoms with Crippen LogP contribution in [0.2, 0.25) is 5.02 Å². The van der Waals surface area contributed by atoms with Crippen molar-refractivity contribution in [2.75, 3.05) is 0 Å². The molecule has 116 valence electrons. The van der Waals surface area contributed by atoms with Crippen molar-refractivity contribution in [1.29, 1.82) is 0 Å². The van der Waals surface area contributed by atoms with Crippen LogP contribution in [-0.4, -0.2) is 9.38 Å². The van der Waals surface area contributed by atoms with Crippen molar-refractivity contribution in [3.63, 3.8) is 0 Å². The molecule has 1 atom stereocenters. The van der Waals surface area contributed by atoms with Gasteiger partial charge in [-0.1, -0.05) is 35.8 Å². The van der Waals surface area contributed by atoms with Crippen LogP contribution >= 0.6 is 22.9 Å². The number of fused-ring (bicyclic) bond motifs is 1. The molecule has 3 rings (SSSR count). The number of aromatic nitrogens is 2. The maximum absolute atomic E-state index is 13.0. The van der Waals surface area contributed by atoms with Gasteiger partial charge in [-0.3, -0.25) is 9.20 Å². The van der Waals surface area contributed by atoms with Gasteiger partial charge >= 0.3 is 0 Å². The molecule has 0 aliphatic rings. The van der Waals surface area contributed by atoms with Crippen LogP contribution in [-0.2, 0) is 0 Å². The third-order valence-corrected chi connectivity index (χ3v) is 4.68. The Hall–Kier alpha value is -2.34. The van der Waals surface area contributed by atoms with E-state index < -0.39 is 6.04 Å². The zero-order valence-electron chi connectivity index (χ0n) is 12.4. The average molecular weight is 346 g/mol. The Morgan fingerprint density at radius 1 is 1.48 bits per heavy atom. The molecule has 2 aromatic heterocycles. The minimum absolute atomic E-state index is 0.189. The van der Waals surface area contributed by atoms with Gasteiger partial charge in [0.2, 0.25) is 0 Å². The molecule has 0 radical (unpaired) electrons. The number of hydrogen-bond acceptors (Lipinski definition) is 4. The summed E-state index contributed by atoms with van der Waals surface area (Å²) in [6.07, 6.45) is 0. The molecule has 0 saturated heterocycles. The largest absolute Gasteiger partial charge is 0.268 e. The van der Waals surface area contributed by atoms with Crippen molar-refractivity contribution in [3.05, 3.63) is 66.9 Å². The van der Waals surface area contributed by atoms with Gasteiger partial charge in [0.1, 0.15) is 0 Å². The number of azide groups is 1. The number of benzene rings is 1. The summed E-state index contributed by atoms with van der Waals surface area (Å²) < 4.78 is 1.56. The van der Waals surface area contributed by atoms with Crippen LogP contribution in [0.1, 0.15) is 24.4 Å². The normalized spacial score (nSPS) is 12.1. The van der Waals surface area contributed by atoms with E-state index in [9.17, 15) is 4.79 Å². The summed E-state index contributed by atoms with van der Waals surface area (Å²) in [5.74, 6) is 0. The monoisotopic (exact) mass is 345 g/mol. The van der Waals surface area contributed by atoms with Crippen LogP contribution in [0.3, 0.4) is 0 Å². The third kappa shape index (κ3) is 2.70. The molecule has 6 nitrogen and oxygen atoms in total. The molecule has 1 unspecified atom stereocenters. The SMILES string of the molecule is Cc1csc2nc(C(C)N=[N+]=[N-])c(-c3cccc(Cl)c3)c(=O)n12. The molecular weight excluding hydrogens is 334 g/mol. The number of thiazole rings is 1. The zero-order chi connectivity index (χ0) is 16.6. The summed E-state index contributed by atoms with van der Waals surface area (Å²) in [5.41, 5.74) is 10.9. The Balaban J connectivity index is 2.43. The molecule has 0 bridgehead atoms. The molecule has 0 aliphatic carbocycles. The third-order valence-electron chi connectivity index (χ3n) is 3.50. The highest BCUT2D eigenvalue weighted by molar-refractivity contribution is 7.15. The first-order valence-corrected chi connectivity index (χ1v) is 8.09. The summed E-state index contributed by atoms with van der Waals surface area (Å²) in [6, 6.07) is 6.45. The molecule has 1 aromatic carbocycles. The van der Waals surface area contributed by atoms with Gasteiger partial charge in [-0.2, -0.15) is 0 Å². The second kappa shape index (κ2) is 6.04. The van der Waals surface area contributed by atoms with Crippen molar-refractivity contribution >= 4 is 27.9 Å². The van der Waals surface area contributed by atoms with E-state index in [1.807, 2.05) is 12.3 Å². The molecule has 0 fully saturated rings. The van der Waals surface area contributed by atoms with Gasteiger partial charge in [-0.25, -0.2) is 4.98 Å². The topological polar surface area (TPSA) is 83.1 Å². The maximum atomic E-state index is 13.0. The van der Waals surface area contributed by atoms with Gasteiger partial charge in [0.05, 0.1) is 17.3 Å². The number of aryl methyl sites for hydroxylation is 1. The average Bonchev–Trinajstić information content (AvgIpc) is 2.89. The van der Waals surface area contributed by atoms with Crippen LogP contribution in [0.25, 0.3) is 26.5 Å². The fourth-order valence-corrected chi connectivity index (χ4v) is 3.50. The lowest BCUT2D eigenvalue weighted by molar-refractivity contribution is 0.770. The Morgan fingerprint density at radius 2 is 2.26 bits per heavy atom. The fourth-order valence-electron chi connectivity index (χ4n) is 2.45. The van der Waals surface area contributed by atoms with E-state index in [-0.39, 0.29) is 5.56 Å². The van der Waals surface area contributed by atoms with Gasteiger partial charge < -0.3 is 0 Å². The number of halogens is 1. The van der Waals surface area contributed by atoms with Crippen molar-refractivity contribution in [2.45, 2.75) is 19.9 Å². The summed E-state index contributed by atoms with van der Waals surface area (Å²) in [4.78, 5) is 21.0. The first-order chi connectivity index (χ1) is 11.0. The van der Waals surface area contributed by atoms with Gasteiger partial charge in [-0.15, -0.1) is 11.3 Å². The molecule has 3 aromatic rings. The summed E-state index contributed by atoms with van der Waals surface area (Å²) in [7, 11) is 0. The Morgan fingerprint density at radius 3 is 2.96 bits per heavy atom. The quantitative estimate of drug-likeness (QED) is 0.389. The van der Waals surface area contributed by atoms with E-state index >= 15 is 0 Å². The second-order valence-electron chi connectivity index (χ2n) is 5.06. The van der Waals surface area contributed by atoms with Crippen molar-refractivity contribution in [2.24, 2.45) is 5.11 Å². The number of nitrogens with zero attached hydrogens (tertiary/aromatic N) is 5. The van der Waals surface area contributed by atoms with Crippen LogP contribution in [0.15, 0.2) is 39.6 Å². The van der Waals surface area contributed by atoms with E-state index in [4.69, 9.17) is 17.1 Å². The predicted molar refractivity (Wildman–Crippen MR) is 92.1 cm³/mol. The van der Waals surface area contributed by atoms with E-state index in [0.29, 0.717) is 26.8 Å². The zero-order valence-corrected chi connectivity index (χ0v) is 14.0. The standard InChI is InChI=1S/C15H12ClN5OS/c1-8-7-23-15-18-13(9(2)19-20-17)12(14(22)21(8)15)10-4-3-5-11(16)6-10/h3-7,9H,1-2H3. The minimum atomic E-state index is -0.561. The molecule has 0 N–H and O–H groups in total. The maximum Gasteiger partial charge on any atom is 0.266 e. The van der Waals surface area contributed by atoms with E-state index in [1.54, 1.807) is 35.6 Å². The van der Waals surface area contributed by atoms with Gasteiger partial charge in [0.15, 0.2) is 4.96 Å². The Bertz CT molecular complexity index is 1000. The summed E-state index contributed by atoms with van der Waals surface area (Å²) in [6.45, 7) is 3.57. The molecular formula is C15H12ClN5OS. The molecule has 0 amide bonds. The lowest BCUT2D eigenvalue weighted by atomic mass is 10.0. The van der Waals surface area contributed by atoms with Crippen molar-refractivity contribution in [1.82, 2.24) is 9.38 Å². The highest BCUT2D eigenvalue weighted by Crippen LogP contribution is 2.29. The second-order valence-corrected chi connectivity index (χ2v) is 6.34. The van der Waals surface area contributed by atoms with Gasteiger partial charge in [-0.05, 0) is 30.2 Å². The highest BCUT2D eigenvalue weighted by atomic mass is 35.5. The predicted octanol–water partition coefficient (Wildman–Crippen LogP) is 4.76. The molecule has 2 heterocycles. The molecule has 8 heteroatoms. The molecule has 0 saturated carbocycles. The number of rotatable bonds is 3. The van der Waals surface area contributed by atoms with E-state index in [0.717, 1.165) is 5.69 Å². The van der Waals surface area contributed by atoms with E-state index in [1.165, 1.54) is 11.3 Å². The first kappa shape index (κ1) is 15.6. The van der Waals surface area contributed by atoms with Crippen molar-refractivity contribution < 1.29 is 0 Å². The van der Waals surface area contributed by atoms with Gasteiger partial charge in [0, 0.05) is 21.0 Å². The smallest absolute Gasteiger partial charge is 0.266 e. The lowest BCUT2D eigenvalue weighted by Gasteiger charge is -2.12. The van der Waals surface area contributed by atoms with Crippen LogP contribution in [0.4, 0.5) is 0 Å². The Kier molecular flexibility index (Phi) is 4.09. The minimum Gasteiger partial charge on any atom is -0.268 e. The van der Waals surface area contributed by atoms with Crippen molar-refractivity contribution in [3.8, 4) is 11.1 Å². The highest BCUT2D eigenvalue weighted by Gasteiger charge is 2.20. The lowest BCUT2D eigenvalue weighted by Crippen LogP contribution is -2.20. The van der Waals surface area contributed by atoms with Crippen LogP contribution in [0.5, 0.6) is 0 Å². The van der Waals surface area contributed by atoms with E-state index in [2.05, 4.69) is 15.0 Å². The summed E-state index contributed by atoms with van der Waals surface area (Å²) in [5, 5.41) is 6.09. The van der Waals surface area contributed by atoms with Crippen LogP contribution < -0.4 is 5.56 Å². The van der Waals surface area contributed by atoms with Crippen LogP contribution in [0, 0.1) is 6.92 Å². The summed E-state index contributed by atoms with van der Waals surface area (Å²) >= 11 is 7.44. The molecule has 0 spiro atoms.